The first-order valence-corrected chi connectivity index (χ1v) is 8.27. The highest BCUT2D eigenvalue weighted by atomic mass is 19.1. The van der Waals surface area contributed by atoms with Crippen LogP contribution in [0.4, 0.5) is 4.39 Å². The summed E-state index contributed by atoms with van der Waals surface area (Å²) in [5.41, 5.74) is 7.07. The van der Waals surface area contributed by atoms with Crippen molar-refractivity contribution in [3.8, 4) is 22.4 Å². The van der Waals surface area contributed by atoms with E-state index in [1.54, 1.807) is 6.20 Å². The Bertz CT molecular complexity index is 1110. The Labute approximate surface area is 144 Å². The van der Waals surface area contributed by atoms with Crippen molar-refractivity contribution in [2.24, 2.45) is 7.05 Å². The van der Waals surface area contributed by atoms with Crippen LogP contribution in [0, 0.1) is 5.82 Å². The molecule has 4 aromatic rings. The van der Waals surface area contributed by atoms with Crippen LogP contribution < -0.4 is 0 Å². The standard InChI is InChI=1S/C20H15FN4/c1-25-11-16-17(24-25)9-8-14-18(12-4-6-13(21)7-5-12)15-3-2-10-22-20(15)23-19(14)16/h2-7,10-11H,8-9H2,1H3. The Morgan fingerprint density at radius 2 is 1.92 bits per heavy atom. The van der Waals surface area contributed by atoms with Gasteiger partial charge in [0.15, 0.2) is 5.65 Å². The van der Waals surface area contributed by atoms with Crippen LogP contribution in [0.2, 0.25) is 0 Å². The van der Waals surface area contributed by atoms with Crippen LogP contribution in [0.25, 0.3) is 33.4 Å². The van der Waals surface area contributed by atoms with Crippen LogP contribution in [0.15, 0.2) is 48.8 Å². The minimum Gasteiger partial charge on any atom is -0.275 e. The van der Waals surface area contributed by atoms with E-state index < -0.39 is 0 Å². The average molecular weight is 330 g/mol. The lowest BCUT2D eigenvalue weighted by Crippen LogP contribution is -2.08. The third-order valence-electron chi connectivity index (χ3n) is 4.77. The fraction of sp³-hybridized carbons (Fsp3) is 0.150. The topological polar surface area (TPSA) is 43.6 Å². The highest BCUT2D eigenvalue weighted by molar-refractivity contribution is 5.98. The second-order valence-corrected chi connectivity index (χ2v) is 6.36. The van der Waals surface area contributed by atoms with Gasteiger partial charge in [-0.15, -0.1) is 0 Å². The molecular weight excluding hydrogens is 315 g/mol. The molecular formula is C20H15FN4. The van der Waals surface area contributed by atoms with Gasteiger partial charge in [-0.05, 0) is 53.8 Å². The van der Waals surface area contributed by atoms with Gasteiger partial charge in [0.25, 0.3) is 0 Å². The number of aryl methyl sites for hydroxylation is 2. The largest absolute Gasteiger partial charge is 0.275 e. The average Bonchev–Trinajstić information content (AvgIpc) is 3.01. The SMILES string of the molecule is Cn1cc2c(n1)CCc1c-2nc2ncccc2c1-c1ccc(F)cc1. The summed E-state index contributed by atoms with van der Waals surface area (Å²) in [4.78, 5) is 9.30. The molecule has 0 bridgehead atoms. The normalized spacial score (nSPS) is 12.9. The number of rotatable bonds is 1. The van der Waals surface area contributed by atoms with Gasteiger partial charge in [0.2, 0.25) is 0 Å². The predicted molar refractivity (Wildman–Crippen MR) is 94.5 cm³/mol. The van der Waals surface area contributed by atoms with Gasteiger partial charge in [0, 0.05) is 30.4 Å². The zero-order valence-electron chi connectivity index (χ0n) is 13.7. The summed E-state index contributed by atoms with van der Waals surface area (Å²) in [7, 11) is 1.93. The Hall–Kier alpha value is -3.08. The first-order valence-electron chi connectivity index (χ1n) is 8.27. The van der Waals surface area contributed by atoms with Gasteiger partial charge in [0.1, 0.15) is 5.82 Å². The molecule has 0 amide bonds. The van der Waals surface area contributed by atoms with Crippen molar-refractivity contribution >= 4 is 11.0 Å². The van der Waals surface area contributed by atoms with Crippen molar-refractivity contribution < 1.29 is 4.39 Å². The molecule has 4 nitrogen and oxygen atoms in total. The van der Waals surface area contributed by atoms with Gasteiger partial charge in [-0.25, -0.2) is 14.4 Å². The first kappa shape index (κ1) is 14.3. The molecule has 5 rings (SSSR count). The van der Waals surface area contributed by atoms with E-state index >= 15 is 0 Å². The van der Waals surface area contributed by atoms with E-state index in [0.29, 0.717) is 5.65 Å². The van der Waals surface area contributed by atoms with E-state index in [9.17, 15) is 4.39 Å². The lowest BCUT2D eigenvalue weighted by atomic mass is 9.86. The smallest absolute Gasteiger partial charge is 0.160 e. The summed E-state index contributed by atoms with van der Waals surface area (Å²) >= 11 is 0. The number of hydrogen-bond donors (Lipinski definition) is 0. The van der Waals surface area contributed by atoms with Crippen molar-refractivity contribution in [3.63, 3.8) is 0 Å². The third-order valence-corrected chi connectivity index (χ3v) is 4.77. The molecule has 5 heteroatoms. The fourth-order valence-corrected chi connectivity index (χ4v) is 3.71. The van der Waals surface area contributed by atoms with Crippen LogP contribution in [-0.2, 0) is 19.9 Å². The Morgan fingerprint density at radius 3 is 2.76 bits per heavy atom. The number of fused-ring (bicyclic) bond motifs is 4. The van der Waals surface area contributed by atoms with Crippen LogP contribution in [-0.4, -0.2) is 19.7 Å². The summed E-state index contributed by atoms with van der Waals surface area (Å²) < 4.78 is 15.3. The summed E-state index contributed by atoms with van der Waals surface area (Å²) in [6.45, 7) is 0. The van der Waals surface area contributed by atoms with Crippen LogP contribution in [0.5, 0.6) is 0 Å². The summed E-state index contributed by atoms with van der Waals surface area (Å²) in [5.74, 6) is -0.233. The molecule has 0 radical (unpaired) electrons. The third kappa shape index (κ3) is 2.16. The molecule has 1 aromatic carbocycles. The molecule has 0 aliphatic heterocycles. The minimum atomic E-state index is -0.233. The minimum absolute atomic E-state index is 0.233. The van der Waals surface area contributed by atoms with E-state index in [0.717, 1.165) is 46.3 Å². The van der Waals surface area contributed by atoms with Gasteiger partial charge >= 0.3 is 0 Å². The molecule has 3 heterocycles. The van der Waals surface area contributed by atoms with E-state index in [-0.39, 0.29) is 5.82 Å². The van der Waals surface area contributed by atoms with Crippen molar-refractivity contribution in [2.75, 3.05) is 0 Å². The Morgan fingerprint density at radius 1 is 1.08 bits per heavy atom. The van der Waals surface area contributed by atoms with Crippen LogP contribution in [0.1, 0.15) is 11.3 Å². The number of aromatic nitrogens is 4. The zero-order valence-corrected chi connectivity index (χ0v) is 13.7. The summed E-state index contributed by atoms with van der Waals surface area (Å²) in [6, 6.07) is 10.6. The maximum atomic E-state index is 13.4. The molecule has 25 heavy (non-hydrogen) atoms. The lowest BCUT2D eigenvalue weighted by molar-refractivity contribution is 0.628. The molecule has 122 valence electrons. The molecule has 0 saturated heterocycles. The van der Waals surface area contributed by atoms with Crippen molar-refractivity contribution in [2.45, 2.75) is 12.8 Å². The molecule has 0 unspecified atom stereocenters. The van der Waals surface area contributed by atoms with E-state index in [1.165, 1.54) is 17.7 Å². The Kier molecular flexibility index (Phi) is 2.98. The molecule has 0 fully saturated rings. The number of benzene rings is 1. The molecule has 0 saturated carbocycles. The van der Waals surface area contributed by atoms with Crippen molar-refractivity contribution in [1.82, 2.24) is 19.7 Å². The lowest BCUT2D eigenvalue weighted by Gasteiger charge is -2.20. The summed E-state index contributed by atoms with van der Waals surface area (Å²) in [6.07, 6.45) is 5.52. The van der Waals surface area contributed by atoms with E-state index in [2.05, 4.69) is 10.1 Å². The van der Waals surface area contributed by atoms with Crippen LogP contribution in [0.3, 0.4) is 0 Å². The first-order chi connectivity index (χ1) is 12.2. The summed E-state index contributed by atoms with van der Waals surface area (Å²) in [5, 5.41) is 5.55. The second kappa shape index (κ2) is 5.21. The molecule has 0 spiro atoms. The Balaban J connectivity index is 1.89. The van der Waals surface area contributed by atoms with Gasteiger partial charge < -0.3 is 0 Å². The van der Waals surface area contributed by atoms with Gasteiger partial charge in [-0.2, -0.15) is 5.10 Å². The van der Waals surface area contributed by atoms with Gasteiger partial charge in [-0.3, -0.25) is 4.68 Å². The zero-order chi connectivity index (χ0) is 17.0. The molecule has 3 aromatic heterocycles. The maximum Gasteiger partial charge on any atom is 0.160 e. The number of halogens is 1. The van der Waals surface area contributed by atoms with E-state index in [1.807, 2.05) is 42.2 Å². The van der Waals surface area contributed by atoms with Crippen molar-refractivity contribution in [1.29, 1.82) is 0 Å². The van der Waals surface area contributed by atoms with Crippen molar-refractivity contribution in [3.05, 3.63) is 65.9 Å². The molecule has 1 aliphatic rings. The van der Waals surface area contributed by atoms with E-state index in [4.69, 9.17) is 4.98 Å². The number of nitrogens with zero attached hydrogens (tertiary/aromatic N) is 4. The molecule has 0 N–H and O–H groups in total. The van der Waals surface area contributed by atoms with Gasteiger partial charge in [0.05, 0.1) is 11.4 Å². The molecule has 1 aliphatic carbocycles. The van der Waals surface area contributed by atoms with Crippen LogP contribution >= 0.6 is 0 Å². The number of pyridine rings is 2. The van der Waals surface area contributed by atoms with Gasteiger partial charge in [-0.1, -0.05) is 12.1 Å². The number of hydrogen-bond acceptors (Lipinski definition) is 3. The highest BCUT2D eigenvalue weighted by Gasteiger charge is 2.25. The fourth-order valence-electron chi connectivity index (χ4n) is 3.71. The molecule has 0 atom stereocenters. The monoisotopic (exact) mass is 330 g/mol. The second-order valence-electron chi connectivity index (χ2n) is 6.36. The highest BCUT2D eigenvalue weighted by Crippen LogP contribution is 2.40. The predicted octanol–water partition coefficient (Wildman–Crippen LogP) is 3.94. The quantitative estimate of drug-likeness (QED) is 0.531. The maximum absolute atomic E-state index is 13.4.